The first-order valence-corrected chi connectivity index (χ1v) is 6.08. The largest absolute Gasteiger partial charge is 0.416 e. The van der Waals surface area contributed by atoms with E-state index in [0.717, 1.165) is 0 Å². The molecule has 0 saturated heterocycles. The van der Waals surface area contributed by atoms with Gasteiger partial charge < -0.3 is 5.32 Å². The molecule has 1 amide bonds. The molecule has 0 spiro atoms. The highest BCUT2D eigenvalue weighted by atomic mass is 19.4. The zero-order valence-corrected chi connectivity index (χ0v) is 11.2. The summed E-state index contributed by atoms with van der Waals surface area (Å²) in [5.74, 6) is -1.10. The maximum absolute atomic E-state index is 12.7. The summed E-state index contributed by atoms with van der Waals surface area (Å²) in [5, 5.41) is 2.18. The molecule has 0 aliphatic rings. The van der Waals surface area contributed by atoms with Gasteiger partial charge in [0.15, 0.2) is 0 Å². The molecule has 1 aromatic carbocycles. The third-order valence-corrected chi connectivity index (χ3v) is 2.77. The van der Waals surface area contributed by atoms with E-state index in [2.05, 4.69) is 10.3 Å². The van der Waals surface area contributed by atoms with E-state index in [0.29, 0.717) is 12.1 Å². The number of hydrogen-bond acceptors (Lipinski definition) is 2. The SMILES string of the molecule is O=C(Nc1cccnc1)c1cc(C(F)(F)F)cc(C(F)(F)F)c1. The van der Waals surface area contributed by atoms with E-state index >= 15 is 0 Å². The van der Waals surface area contributed by atoms with Gasteiger partial charge in [-0.3, -0.25) is 9.78 Å². The van der Waals surface area contributed by atoms with Crippen LogP contribution in [0.5, 0.6) is 0 Å². The van der Waals surface area contributed by atoms with Gasteiger partial charge in [-0.25, -0.2) is 0 Å². The average molecular weight is 334 g/mol. The fourth-order valence-corrected chi connectivity index (χ4v) is 1.73. The average Bonchev–Trinajstić information content (AvgIpc) is 2.46. The monoisotopic (exact) mass is 334 g/mol. The third-order valence-electron chi connectivity index (χ3n) is 2.77. The highest BCUT2D eigenvalue weighted by Gasteiger charge is 2.37. The predicted molar refractivity (Wildman–Crippen MR) is 68.6 cm³/mol. The first kappa shape index (κ1) is 16.8. The number of nitrogens with one attached hydrogen (secondary N) is 1. The number of benzene rings is 1. The molecular formula is C14H8F6N2O. The van der Waals surface area contributed by atoms with Gasteiger partial charge in [0.25, 0.3) is 5.91 Å². The number of nitrogens with zero attached hydrogens (tertiary/aromatic N) is 1. The van der Waals surface area contributed by atoms with Gasteiger partial charge in [0, 0.05) is 11.8 Å². The second-order valence-corrected chi connectivity index (χ2v) is 4.49. The minimum atomic E-state index is -5.01. The van der Waals surface area contributed by atoms with E-state index in [1.54, 1.807) is 0 Å². The molecule has 122 valence electrons. The maximum atomic E-state index is 12.7. The molecule has 1 aromatic heterocycles. The number of carbonyl (C=O) groups is 1. The third kappa shape index (κ3) is 4.21. The van der Waals surface area contributed by atoms with Crippen molar-refractivity contribution < 1.29 is 31.1 Å². The van der Waals surface area contributed by atoms with Crippen LogP contribution in [0.1, 0.15) is 21.5 Å². The lowest BCUT2D eigenvalue weighted by atomic mass is 10.0. The second-order valence-electron chi connectivity index (χ2n) is 4.49. The zero-order valence-electron chi connectivity index (χ0n) is 11.2. The summed E-state index contributed by atoms with van der Waals surface area (Å²) in [6.45, 7) is 0. The molecule has 0 bridgehead atoms. The van der Waals surface area contributed by atoms with Gasteiger partial charge in [0.05, 0.1) is 23.0 Å². The van der Waals surface area contributed by atoms with Gasteiger partial charge in [-0.15, -0.1) is 0 Å². The van der Waals surface area contributed by atoms with Crippen molar-refractivity contribution in [2.45, 2.75) is 12.4 Å². The number of pyridine rings is 1. The second kappa shape index (κ2) is 5.90. The number of aromatic nitrogens is 1. The van der Waals surface area contributed by atoms with Crippen molar-refractivity contribution >= 4 is 11.6 Å². The molecule has 0 fully saturated rings. The lowest BCUT2D eigenvalue weighted by Crippen LogP contribution is -2.17. The first-order valence-electron chi connectivity index (χ1n) is 6.08. The van der Waals surface area contributed by atoms with Crippen molar-refractivity contribution in [3.05, 3.63) is 59.4 Å². The van der Waals surface area contributed by atoms with Crippen LogP contribution in [0.15, 0.2) is 42.7 Å². The van der Waals surface area contributed by atoms with Crippen LogP contribution in [-0.2, 0) is 12.4 Å². The van der Waals surface area contributed by atoms with E-state index in [1.165, 1.54) is 24.5 Å². The molecule has 0 saturated carbocycles. The Labute approximate surface area is 126 Å². The van der Waals surface area contributed by atoms with Crippen molar-refractivity contribution in [3.63, 3.8) is 0 Å². The number of amides is 1. The molecule has 0 aliphatic heterocycles. The number of rotatable bonds is 2. The quantitative estimate of drug-likeness (QED) is 0.829. The molecular weight excluding hydrogens is 326 g/mol. The summed E-state index contributed by atoms with van der Waals surface area (Å²) in [5.41, 5.74) is -3.72. The molecule has 9 heteroatoms. The summed E-state index contributed by atoms with van der Waals surface area (Å²) in [6, 6.07) is 3.52. The summed E-state index contributed by atoms with van der Waals surface area (Å²) in [6.07, 6.45) is -7.42. The molecule has 0 radical (unpaired) electrons. The number of hydrogen-bond donors (Lipinski definition) is 1. The van der Waals surface area contributed by atoms with Crippen molar-refractivity contribution in [2.24, 2.45) is 0 Å². The van der Waals surface area contributed by atoms with Crippen LogP contribution in [0.2, 0.25) is 0 Å². The van der Waals surface area contributed by atoms with E-state index in [1.807, 2.05) is 0 Å². The van der Waals surface area contributed by atoms with E-state index in [4.69, 9.17) is 0 Å². The highest BCUT2D eigenvalue weighted by Crippen LogP contribution is 2.36. The Morgan fingerprint density at radius 2 is 1.52 bits per heavy atom. The highest BCUT2D eigenvalue weighted by molar-refractivity contribution is 6.04. The Morgan fingerprint density at radius 1 is 0.957 bits per heavy atom. The van der Waals surface area contributed by atoms with Gasteiger partial charge in [-0.1, -0.05) is 0 Å². The first-order chi connectivity index (χ1) is 10.6. The standard InChI is InChI=1S/C14H8F6N2O/c15-13(16,17)9-4-8(5-10(6-9)14(18,19)20)12(23)22-11-2-1-3-21-7-11/h1-7H,(H,22,23). The molecule has 1 N–H and O–H groups in total. The van der Waals surface area contributed by atoms with Gasteiger partial charge in [0.2, 0.25) is 0 Å². The van der Waals surface area contributed by atoms with Crippen LogP contribution in [0, 0.1) is 0 Å². The van der Waals surface area contributed by atoms with Crippen LogP contribution in [0.3, 0.4) is 0 Å². The summed E-state index contributed by atoms with van der Waals surface area (Å²) in [7, 11) is 0. The Morgan fingerprint density at radius 3 is 1.96 bits per heavy atom. The van der Waals surface area contributed by atoms with Crippen LogP contribution >= 0.6 is 0 Å². The number of halogens is 6. The smallest absolute Gasteiger partial charge is 0.321 e. The molecule has 3 nitrogen and oxygen atoms in total. The van der Waals surface area contributed by atoms with Crippen molar-refractivity contribution in [1.82, 2.24) is 4.98 Å². The number of anilines is 1. The minimum absolute atomic E-state index is 0.0408. The summed E-state index contributed by atoms with van der Waals surface area (Å²) in [4.78, 5) is 15.6. The Hall–Kier alpha value is -2.58. The van der Waals surface area contributed by atoms with Crippen molar-refractivity contribution in [1.29, 1.82) is 0 Å². The van der Waals surface area contributed by atoms with Gasteiger partial charge in [-0.05, 0) is 30.3 Å². The Kier molecular flexibility index (Phi) is 4.31. The Bertz CT molecular complexity index is 677. The lowest BCUT2D eigenvalue weighted by molar-refractivity contribution is -0.143. The van der Waals surface area contributed by atoms with Crippen LogP contribution in [-0.4, -0.2) is 10.9 Å². The van der Waals surface area contributed by atoms with Gasteiger partial charge in [0.1, 0.15) is 0 Å². The normalized spacial score (nSPS) is 12.1. The van der Waals surface area contributed by atoms with Gasteiger partial charge in [-0.2, -0.15) is 26.3 Å². The fraction of sp³-hybridized carbons (Fsp3) is 0.143. The number of carbonyl (C=O) groups excluding carboxylic acids is 1. The minimum Gasteiger partial charge on any atom is -0.321 e. The molecule has 0 atom stereocenters. The summed E-state index contributed by atoms with van der Waals surface area (Å²) < 4.78 is 76.3. The molecule has 2 aromatic rings. The van der Waals surface area contributed by atoms with Crippen LogP contribution < -0.4 is 5.32 Å². The Balaban J connectivity index is 2.43. The lowest BCUT2D eigenvalue weighted by Gasteiger charge is -2.14. The van der Waals surface area contributed by atoms with Crippen molar-refractivity contribution in [3.8, 4) is 0 Å². The molecule has 1 heterocycles. The maximum Gasteiger partial charge on any atom is 0.416 e. The van der Waals surface area contributed by atoms with E-state index in [9.17, 15) is 31.1 Å². The molecule has 23 heavy (non-hydrogen) atoms. The van der Waals surface area contributed by atoms with Gasteiger partial charge >= 0.3 is 12.4 Å². The molecule has 2 rings (SSSR count). The molecule has 0 unspecified atom stereocenters. The van der Waals surface area contributed by atoms with Crippen LogP contribution in [0.4, 0.5) is 32.0 Å². The van der Waals surface area contributed by atoms with E-state index < -0.39 is 35.0 Å². The molecule has 0 aliphatic carbocycles. The zero-order chi connectivity index (χ0) is 17.3. The topological polar surface area (TPSA) is 42.0 Å². The van der Waals surface area contributed by atoms with Crippen molar-refractivity contribution in [2.75, 3.05) is 5.32 Å². The van der Waals surface area contributed by atoms with Crippen LogP contribution in [0.25, 0.3) is 0 Å². The predicted octanol–water partition coefficient (Wildman–Crippen LogP) is 4.37. The summed E-state index contributed by atoms with van der Waals surface area (Å²) >= 11 is 0. The fourth-order valence-electron chi connectivity index (χ4n) is 1.73. The number of alkyl halides is 6. The van der Waals surface area contributed by atoms with E-state index in [-0.39, 0.29) is 11.8 Å².